The van der Waals surface area contributed by atoms with Crippen LogP contribution in [0, 0.1) is 5.92 Å². The number of nitrogens with zero attached hydrogens (tertiary/aromatic N) is 3. The van der Waals surface area contributed by atoms with Crippen LogP contribution in [-0.2, 0) is 22.7 Å². The molecular formula is C20H24N4O2. The highest BCUT2D eigenvalue weighted by Gasteiger charge is 2.31. The van der Waals surface area contributed by atoms with Crippen LogP contribution < -0.4 is 10.2 Å². The van der Waals surface area contributed by atoms with Gasteiger partial charge in [0.25, 0.3) is 0 Å². The number of amides is 2. The quantitative estimate of drug-likeness (QED) is 0.861. The molecule has 0 saturated carbocycles. The molecule has 0 aliphatic carbocycles. The molecule has 0 spiro atoms. The molecule has 6 heteroatoms. The van der Waals surface area contributed by atoms with E-state index in [0.717, 1.165) is 17.9 Å². The summed E-state index contributed by atoms with van der Waals surface area (Å²) in [6.45, 7) is 1.62. The second-order valence-electron chi connectivity index (χ2n) is 6.72. The summed E-state index contributed by atoms with van der Waals surface area (Å²) < 4.78 is 0. The van der Waals surface area contributed by atoms with Gasteiger partial charge in [-0.05, 0) is 11.6 Å². The van der Waals surface area contributed by atoms with Crippen LogP contribution in [0.1, 0.15) is 17.5 Å². The average Bonchev–Trinajstić information content (AvgIpc) is 2.99. The Bertz CT molecular complexity index is 778. The van der Waals surface area contributed by atoms with Gasteiger partial charge < -0.3 is 15.1 Å². The molecule has 1 N–H and O–H groups in total. The Balaban J connectivity index is 1.64. The number of hydrogen-bond acceptors (Lipinski definition) is 4. The maximum absolute atomic E-state index is 12.4. The lowest BCUT2D eigenvalue weighted by molar-refractivity contribution is -0.128. The number of rotatable bonds is 6. The van der Waals surface area contributed by atoms with Crippen molar-refractivity contribution in [2.75, 3.05) is 25.5 Å². The molecule has 0 radical (unpaired) electrons. The number of nitrogens with one attached hydrogen (secondary N) is 1. The first-order chi connectivity index (χ1) is 12.5. The zero-order valence-electron chi connectivity index (χ0n) is 15.2. The molecule has 0 unspecified atom stereocenters. The molecule has 1 atom stereocenters. The van der Waals surface area contributed by atoms with E-state index >= 15 is 0 Å². The highest BCUT2D eigenvalue weighted by molar-refractivity contribution is 5.89. The number of carbonyl (C=O) groups excluding carboxylic acids is 2. The molecule has 1 saturated heterocycles. The molecule has 1 aliphatic rings. The predicted molar refractivity (Wildman–Crippen MR) is 100 cm³/mol. The topological polar surface area (TPSA) is 65.5 Å². The number of anilines is 1. The normalized spacial score (nSPS) is 16.6. The van der Waals surface area contributed by atoms with Gasteiger partial charge in [0.15, 0.2) is 0 Å². The van der Waals surface area contributed by atoms with Crippen molar-refractivity contribution in [2.24, 2.45) is 5.92 Å². The van der Waals surface area contributed by atoms with E-state index in [-0.39, 0.29) is 24.2 Å². The first-order valence-electron chi connectivity index (χ1n) is 8.75. The van der Waals surface area contributed by atoms with Crippen molar-refractivity contribution in [1.82, 2.24) is 15.2 Å². The average molecular weight is 352 g/mol. The summed E-state index contributed by atoms with van der Waals surface area (Å²) in [5, 5.41) is 2.96. The lowest BCUT2D eigenvalue weighted by atomic mass is 10.1. The van der Waals surface area contributed by atoms with Crippen LogP contribution in [0.25, 0.3) is 0 Å². The van der Waals surface area contributed by atoms with Crippen LogP contribution >= 0.6 is 0 Å². The zero-order chi connectivity index (χ0) is 18.5. The third-order valence-corrected chi connectivity index (χ3v) is 4.66. The Hall–Kier alpha value is -2.89. The fraction of sp³-hybridized carbons (Fsp3) is 0.350. The lowest BCUT2D eigenvalue weighted by Crippen LogP contribution is -2.32. The Morgan fingerprint density at radius 1 is 1.27 bits per heavy atom. The number of likely N-dealkylation sites (tertiary alicyclic amines) is 1. The standard InChI is InChI=1S/C20H24N4O2/c1-23-14-17(11-18(23)25)20(26)22-12-16-9-6-10-21-19(16)24(2)13-15-7-4-3-5-8-15/h3-10,17H,11-14H2,1-2H3,(H,22,26)/t17-/m1/s1. The molecule has 1 fully saturated rings. The third kappa shape index (κ3) is 4.20. The molecule has 0 bridgehead atoms. The van der Waals surface area contributed by atoms with E-state index in [1.165, 1.54) is 5.56 Å². The molecular weight excluding hydrogens is 328 g/mol. The zero-order valence-corrected chi connectivity index (χ0v) is 15.2. The number of hydrogen-bond donors (Lipinski definition) is 1. The molecule has 136 valence electrons. The number of pyridine rings is 1. The van der Waals surface area contributed by atoms with Gasteiger partial charge in [0.05, 0.1) is 5.92 Å². The van der Waals surface area contributed by atoms with Crippen molar-refractivity contribution in [3.63, 3.8) is 0 Å². The minimum absolute atomic E-state index is 0.0230. The summed E-state index contributed by atoms with van der Waals surface area (Å²) in [6, 6.07) is 14.0. The van der Waals surface area contributed by atoms with Gasteiger partial charge in [0, 0.05) is 51.9 Å². The molecule has 2 amide bonds. The minimum Gasteiger partial charge on any atom is -0.355 e. The molecule has 2 heterocycles. The van der Waals surface area contributed by atoms with E-state index in [0.29, 0.717) is 13.1 Å². The number of aromatic nitrogens is 1. The van der Waals surface area contributed by atoms with E-state index in [4.69, 9.17) is 0 Å². The Morgan fingerprint density at radius 2 is 2.04 bits per heavy atom. The van der Waals surface area contributed by atoms with Crippen LogP contribution in [0.4, 0.5) is 5.82 Å². The molecule has 3 rings (SSSR count). The molecule has 1 aromatic carbocycles. The first-order valence-corrected chi connectivity index (χ1v) is 8.75. The SMILES string of the molecule is CN1C[C@H](C(=O)NCc2cccnc2N(C)Cc2ccccc2)CC1=O. The van der Waals surface area contributed by atoms with E-state index in [1.807, 2.05) is 37.4 Å². The molecule has 1 aliphatic heterocycles. The van der Waals surface area contributed by atoms with Gasteiger partial charge >= 0.3 is 0 Å². The molecule has 26 heavy (non-hydrogen) atoms. The summed E-state index contributed by atoms with van der Waals surface area (Å²) >= 11 is 0. The van der Waals surface area contributed by atoms with Crippen LogP contribution in [-0.4, -0.2) is 42.3 Å². The van der Waals surface area contributed by atoms with Gasteiger partial charge in [-0.15, -0.1) is 0 Å². The summed E-state index contributed by atoms with van der Waals surface area (Å²) in [7, 11) is 3.72. The van der Waals surface area contributed by atoms with E-state index in [1.54, 1.807) is 18.1 Å². The largest absolute Gasteiger partial charge is 0.355 e. The van der Waals surface area contributed by atoms with Gasteiger partial charge in [-0.25, -0.2) is 4.98 Å². The second kappa shape index (κ2) is 7.99. The second-order valence-corrected chi connectivity index (χ2v) is 6.72. The Morgan fingerprint density at radius 3 is 2.73 bits per heavy atom. The maximum Gasteiger partial charge on any atom is 0.225 e. The van der Waals surface area contributed by atoms with Gasteiger partial charge in [-0.3, -0.25) is 9.59 Å². The van der Waals surface area contributed by atoms with Gasteiger partial charge in [0.2, 0.25) is 11.8 Å². The summed E-state index contributed by atoms with van der Waals surface area (Å²) in [5.41, 5.74) is 2.15. The number of benzene rings is 1. The van der Waals surface area contributed by atoms with Crippen molar-refractivity contribution in [2.45, 2.75) is 19.5 Å². The van der Waals surface area contributed by atoms with Crippen LogP contribution in [0.5, 0.6) is 0 Å². The van der Waals surface area contributed by atoms with Crippen LogP contribution in [0.3, 0.4) is 0 Å². The predicted octanol–water partition coefficient (Wildman–Crippen LogP) is 1.81. The highest BCUT2D eigenvalue weighted by Crippen LogP contribution is 2.19. The monoisotopic (exact) mass is 352 g/mol. The Labute approximate surface area is 153 Å². The van der Waals surface area contributed by atoms with Gasteiger partial charge in [0.1, 0.15) is 5.82 Å². The van der Waals surface area contributed by atoms with E-state index in [9.17, 15) is 9.59 Å². The first kappa shape index (κ1) is 17.9. The summed E-state index contributed by atoms with van der Waals surface area (Å²) in [6.07, 6.45) is 2.04. The molecule has 2 aromatic rings. The fourth-order valence-electron chi connectivity index (χ4n) is 3.21. The van der Waals surface area contributed by atoms with Gasteiger partial charge in [-0.1, -0.05) is 36.4 Å². The van der Waals surface area contributed by atoms with E-state index < -0.39 is 0 Å². The molecule has 1 aromatic heterocycles. The van der Waals surface area contributed by atoms with Crippen molar-refractivity contribution in [3.05, 3.63) is 59.8 Å². The summed E-state index contributed by atoms with van der Waals surface area (Å²) in [4.78, 5) is 32.1. The minimum atomic E-state index is -0.269. The van der Waals surface area contributed by atoms with E-state index in [2.05, 4.69) is 27.3 Å². The Kier molecular flexibility index (Phi) is 5.51. The van der Waals surface area contributed by atoms with Crippen molar-refractivity contribution in [3.8, 4) is 0 Å². The van der Waals surface area contributed by atoms with Crippen LogP contribution in [0.15, 0.2) is 48.7 Å². The third-order valence-electron chi connectivity index (χ3n) is 4.66. The molecule has 6 nitrogen and oxygen atoms in total. The van der Waals surface area contributed by atoms with Crippen molar-refractivity contribution >= 4 is 17.6 Å². The van der Waals surface area contributed by atoms with Crippen molar-refractivity contribution < 1.29 is 9.59 Å². The number of carbonyl (C=O) groups is 2. The van der Waals surface area contributed by atoms with Crippen molar-refractivity contribution in [1.29, 1.82) is 0 Å². The lowest BCUT2D eigenvalue weighted by Gasteiger charge is -2.21. The highest BCUT2D eigenvalue weighted by atomic mass is 16.2. The van der Waals surface area contributed by atoms with Gasteiger partial charge in [-0.2, -0.15) is 0 Å². The maximum atomic E-state index is 12.4. The fourth-order valence-corrected chi connectivity index (χ4v) is 3.21. The summed E-state index contributed by atoms with van der Waals surface area (Å²) in [5.74, 6) is 0.518. The smallest absolute Gasteiger partial charge is 0.225 e. The van der Waals surface area contributed by atoms with Crippen LogP contribution in [0.2, 0.25) is 0 Å².